The number of carbonyl (C=O) groups is 1. The number of amides is 2. The molecule has 0 radical (unpaired) electrons. The van der Waals surface area contributed by atoms with Crippen LogP contribution in [0.3, 0.4) is 0 Å². The minimum Gasteiger partial charge on any atom is -0.377 e. The van der Waals surface area contributed by atoms with Crippen molar-refractivity contribution in [3.8, 4) is 0 Å². The van der Waals surface area contributed by atoms with Gasteiger partial charge in [0.25, 0.3) is 0 Å². The maximum absolute atomic E-state index is 12.0. The van der Waals surface area contributed by atoms with Gasteiger partial charge in [0.05, 0.1) is 0 Å². The fourth-order valence-corrected chi connectivity index (χ4v) is 4.16. The number of carbonyl (C=O) groups excluding carboxylic acids is 1. The van der Waals surface area contributed by atoms with Gasteiger partial charge in [-0.25, -0.2) is 4.79 Å². The van der Waals surface area contributed by atoms with Crippen molar-refractivity contribution in [1.29, 1.82) is 0 Å². The van der Waals surface area contributed by atoms with E-state index in [1.807, 2.05) is 4.90 Å². The van der Waals surface area contributed by atoms with Crippen LogP contribution in [0.5, 0.6) is 0 Å². The van der Waals surface area contributed by atoms with Crippen molar-refractivity contribution in [1.82, 2.24) is 10.2 Å². The Bertz CT molecular complexity index is 271. The van der Waals surface area contributed by atoms with Gasteiger partial charge in [-0.2, -0.15) is 0 Å². The molecule has 1 aliphatic heterocycles. The first-order chi connectivity index (χ1) is 9.67. The number of nitrogens with one attached hydrogen (secondary N) is 1. The molecule has 1 heterocycles. The minimum atomic E-state index is -2.50. The number of urea groups is 1. The molecule has 0 unspecified atom stereocenters. The topological polar surface area (TPSA) is 60.0 Å². The number of hydrogen-bond acceptors (Lipinski definition) is 4. The van der Waals surface area contributed by atoms with E-state index in [9.17, 15) is 4.79 Å². The van der Waals surface area contributed by atoms with Gasteiger partial charge in [-0.15, -0.1) is 0 Å². The van der Waals surface area contributed by atoms with Crippen LogP contribution < -0.4 is 5.32 Å². The summed E-state index contributed by atoms with van der Waals surface area (Å²) in [6.07, 6.45) is 5.48. The van der Waals surface area contributed by atoms with Gasteiger partial charge in [0.15, 0.2) is 0 Å². The third-order valence-electron chi connectivity index (χ3n) is 3.76. The quantitative estimate of drug-likeness (QED) is 0.576. The Hall–Kier alpha value is -0.633. The van der Waals surface area contributed by atoms with Crippen LogP contribution in [-0.2, 0) is 13.3 Å². The second-order valence-corrected chi connectivity index (χ2v) is 8.12. The standard InChI is InChI=1S/C13H28N2O4Si/c1-17-20(18-2,19-3)12-8-9-14-13(16)15-10-6-4-5-7-11-15/h4-12H2,1-3H3,(H,14,16). The predicted octanol–water partition coefficient (Wildman–Crippen LogP) is 1.84. The molecule has 118 valence electrons. The van der Waals surface area contributed by atoms with Crippen molar-refractivity contribution < 1.29 is 18.1 Å². The zero-order chi connectivity index (χ0) is 14.8. The van der Waals surface area contributed by atoms with Crippen molar-refractivity contribution in [3.05, 3.63) is 0 Å². The summed E-state index contributed by atoms with van der Waals surface area (Å²) < 4.78 is 16.0. The molecule has 1 aliphatic rings. The third kappa shape index (κ3) is 5.39. The summed E-state index contributed by atoms with van der Waals surface area (Å²) in [6, 6.07) is 0.753. The summed E-state index contributed by atoms with van der Waals surface area (Å²) in [5.41, 5.74) is 0. The number of rotatable bonds is 7. The first-order valence-electron chi connectivity index (χ1n) is 7.35. The van der Waals surface area contributed by atoms with Crippen molar-refractivity contribution in [2.45, 2.75) is 38.1 Å². The van der Waals surface area contributed by atoms with Crippen LogP contribution in [0.2, 0.25) is 6.04 Å². The molecule has 1 saturated heterocycles. The average Bonchev–Trinajstić information content (AvgIpc) is 2.77. The molecular weight excluding hydrogens is 276 g/mol. The van der Waals surface area contributed by atoms with Crippen LogP contribution in [0, 0.1) is 0 Å². The zero-order valence-electron chi connectivity index (χ0n) is 12.9. The maximum Gasteiger partial charge on any atom is 0.500 e. The molecule has 0 aliphatic carbocycles. The lowest BCUT2D eigenvalue weighted by atomic mass is 10.2. The van der Waals surface area contributed by atoms with Crippen LogP contribution in [-0.4, -0.2) is 60.7 Å². The van der Waals surface area contributed by atoms with Gasteiger partial charge in [0, 0.05) is 47.0 Å². The summed E-state index contributed by atoms with van der Waals surface area (Å²) in [5, 5.41) is 2.97. The highest BCUT2D eigenvalue weighted by Crippen LogP contribution is 2.14. The second-order valence-electron chi connectivity index (χ2n) is 5.03. The van der Waals surface area contributed by atoms with E-state index in [0.717, 1.165) is 32.4 Å². The van der Waals surface area contributed by atoms with Gasteiger partial charge in [0.1, 0.15) is 0 Å². The first kappa shape index (κ1) is 17.4. The highest BCUT2D eigenvalue weighted by Gasteiger charge is 2.36. The van der Waals surface area contributed by atoms with E-state index in [2.05, 4.69) is 5.32 Å². The first-order valence-corrected chi connectivity index (χ1v) is 9.29. The van der Waals surface area contributed by atoms with Gasteiger partial charge in [0.2, 0.25) is 0 Å². The maximum atomic E-state index is 12.0. The molecule has 1 N–H and O–H groups in total. The summed E-state index contributed by atoms with van der Waals surface area (Å²) >= 11 is 0. The summed E-state index contributed by atoms with van der Waals surface area (Å²) in [5.74, 6) is 0. The lowest BCUT2D eigenvalue weighted by Gasteiger charge is -2.25. The molecule has 0 saturated carbocycles. The molecule has 1 rings (SSSR count). The van der Waals surface area contributed by atoms with E-state index in [0.29, 0.717) is 12.6 Å². The van der Waals surface area contributed by atoms with Gasteiger partial charge in [-0.3, -0.25) is 0 Å². The molecule has 0 atom stereocenters. The average molecular weight is 304 g/mol. The van der Waals surface area contributed by atoms with Crippen molar-refractivity contribution in [3.63, 3.8) is 0 Å². The smallest absolute Gasteiger partial charge is 0.377 e. The Balaban J connectivity index is 2.24. The molecule has 0 aromatic rings. The van der Waals surface area contributed by atoms with E-state index in [1.165, 1.54) is 12.8 Å². The van der Waals surface area contributed by atoms with E-state index in [4.69, 9.17) is 13.3 Å². The lowest BCUT2D eigenvalue weighted by molar-refractivity contribution is 0.123. The number of hydrogen-bond donors (Lipinski definition) is 1. The Kier molecular flexibility index (Phi) is 8.13. The molecule has 20 heavy (non-hydrogen) atoms. The van der Waals surface area contributed by atoms with Gasteiger partial charge in [-0.1, -0.05) is 12.8 Å². The summed E-state index contributed by atoms with van der Waals surface area (Å²) in [7, 11) is 2.32. The minimum absolute atomic E-state index is 0.0476. The Morgan fingerprint density at radius 1 is 1.05 bits per heavy atom. The molecule has 6 nitrogen and oxygen atoms in total. The highest BCUT2D eigenvalue weighted by atomic mass is 28.4. The molecule has 0 spiro atoms. The summed E-state index contributed by atoms with van der Waals surface area (Å²) in [4.78, 5) is 13.9. The predicted molar refractivity (Wildman–Crippen MR) is 79.6 cm³/mol. The van der Waals surface area contributed by atoms with Crippen LogP contribution in [0.15, 0.2) is 0 Å². The number of nitrogens with zero attached hydrogens (tertiary/aromatic N) is 1. The van der Waals surface area contributed by atoms with Crippen LogP contribution in [0.1, 0.15) is 32.1 Å². The van der Waals surface area contributed by atoms with E-state index < -0.39 is 8.80 Å². The molecule has 7 heteroatoms. The monoisotopic (exact) mass is 304 g/mol. The zero-order valence-corrected chi connectivity index (χ0v) is 13.9. The van der Waals surface area contributed by atoms with E-state index in [1.54, 1.807) is 21.3 Å². The SMILES string of the molecule is CO[Si](CCCNC(=O)N1CCCCCC1)(OC)OC. The van der Waals surface area contributed by atoms with E-state index in [-0.39, 0.29) is 6.03 Å². The van der Waals surface area contributed by atoms with Crippen LogP contribution in [0.25, 0.3) is 0 Å². The Morgan fingerprint density at radius 2 is 1.60 bits per heavy atom. The van der Waals surface area contributed by atoms with Crippen molar-refractivity contribution >= 4 is 14.8 Å². The largest absolute Gasteiger partial charge is 0.500 e. The lowest BCUT2D eigenvalue weighted by Crippen LogP contribution is -2.44. The third-order valence-corrected chi connectivity index (χ3v) is 6.59. The molecule has 0 aromatic carbocycles. The molecule has 1 fully saturated rings. The van der Waals surface area contributed by atoms with Gasteiger partial charge in [-0.05, 0) is 19.3 Å². The molecule has 2 amide bonds. The molecule has 0 bridgehead atoms. The normalized spacial score (nSPS) is 16.9. The van der Waals surface area contributed by atoms with E-state index >= 15 is 0 Å². The van der Waals surface area contributed by atoms with Gasteiger partial charge >= 0.3 is 14.8 Å². The molecular formula is C13H28N2O4Si. The summed E-state index contributed by atoms with van der Waals surface area (Å²) in [6.45, 7) is 2.37. The highest BCUT2D eigenvalue weighted by molar-refractivity contribution is 6.60. The van der Waals surface area contributed by atoms with Crippen molar-refractivity contribution in [2.75, 3.05) is 41.0 Å². The Morgan fingerprint density at radius 3 is 2.10 bits per heavy atom. The Labute approximate surface area is 123 Å². The fraction of sp³-hybridized carbons (Fsp3) is 0.923. The van der Waals surface area contributed by atoms with Crippen LogP contribution >= 0.6 is 0 Å². The number of likely N-dealkylation sites (tertiary alicyclic amines) is 1. The van der Waals surface area contributed by atoms with Gasteiger partial charge < -0.3 is 23.5 Å². The molecule has 0 aromatic heterocycles. The van der Waals surface area contributed by atoms with Crippen LogP contribution in [0.4, 0.5) is 4.79 Å². The second kappa shape index (κ2) is 9.33. The van der Waals surface area contributed by atoms with Crippen molar-refractivity contribution in [2.24, 2.45) is 0 Å². The fourth-order valence-electron chi connectivity index (χ4n) is 2.44.